The van der Waals surface area contributed by atoms with Crippen LogP contribution in [0.3, 0.4) is 0 Å². The molecule has 7 aromatic rings. The van der Waals surface area contributed by atoms with E-state index in [4.69, 9.17) is 24.5 Å². The van der Waals surface area contributed by atoms with E-state index < -0.39 is 18.2 Å². The number of methoxy groups -OCH3 is 1. The van der Waals surface area contributed by atoms with Crippen molar-refractivity contribution < 1.29 is 28.9 Å². The summed E-state index contributed by atoms with van der Waals surface area (Å²) in [5.74, 6) is 2.09. The number of hydrogen-bond donors (Lipinski definition) is 3. The zero-order valence-electron chi connectivity index (χ0n) is 39.5. The zero-order chi connectivity index (χ0) is 47.7. The second-order valence-electron chi connectivity index (χ2n) is 19.3. The highest BCUT2D eigenvalue weighted by Crippen LogP contribution is 2.49. The van der Waals surface area contributed by atoms with Gasteiger partial charge in [-0.2, -0.15) is 4.89 Å². The number of aliphatic imine (C=N–C) groups is 1. The van der Waals surface area contributed by atoms with Gasteiger partial charge in [0.25, 0.3) is 11.8 Å². The normalized spacial score (nSPS) is 23.0. The number of ether oxygens (including phenoxy) is 1. The van der Waals surface area contributed by atoms with Gasteiger partial charge in [0.05, 0.1) is 48.4 Å². The fourth-order valence-electron chi connectivity index (χ4n) is 12.1. The lowest BCUT2D eigenvalue weighted by atomic mass is 9.84. The van der Waals surface area contributed by atoms with Crippen molar-refractivity contribution in [3.63, 3.8) is 0 Å². The van der Waals surface area contributed by atoms with Crippen LogP contribution < -0.4 is 5.32 Å². The Morgan fingerprint density at radius 2 is 1.11 bits per heavy atom. The molecule has 2 aliphatic carbocycles. The predicted octanol–water partition coefficient (Wildman–Crippen LogP) is 10.9. The van der Waals surface area contributed by atoms with E-state index in [1.165, 1.54) is 20.6 Å². The number of aromatic amines is 2. The Labute approximate surface area is 406 Å². The first kappa shape index (κ1) is 45.1. The van der Waals surface area contributed by atoms with Gasteiger partial charge in [-0.1, -0.05) is 123 Å². The summed E-state index contributed by atoms with van der Waals surface area (Å²) in [5, 5.41) is 2.83. The van der Waals surface area contributed by atoms with Gasteiger partial charge in [0.15, 0.2) is 6.04 Å². The number of nitrogens with one attached hydrogen (secondary N) is 3. The van der Waals surface area contributed by atoms with Crippen molar-refractivity contribution >= 4 is 46.4 Å². The van der Waals surface area contributed by atoms with Crippen LogP contribution in [0.1, 0.15) is 111 Å². The minimum absolute atomic E-state index is 0.0641. The van der Waals surface area contributed by atoms with Crippen LogP contribution in [0.25, 0.3) is 44.3 Å². The number of fused-ring (bicyclic) bond motifs is 4. The van der Waals surface area contributed by atoms with Crippen LogP contribution in [0, 0.1) is 11.8 Å². The van der Waals surface area contributed by atoms with Crippen LogP contribution in [0.5, 0.6) is 0 Å². The van der Waals surface area contributed by atoms with Gasteiger partial charge in [0, 0.05) is 12.1 Å². The SMILES string of the molecule is COO/C=N\[C@@H](C(=O)N1[C@H](c2nc3cc(-c4ccc(-c5ccc6[nH]c([C@@H]7C[C@@H]8CCCC[C@@H]8N7C(=O)[C@H](NC(=O)OC)c7ccccc7)nc6c5)cc4)ccc3[nH]2)C[C@@H]2CCCC[C@@H]21)c1ccccc1. The molecule has 0 unspecified atom stereocenters. The van der Waals surface area contributed by atoms with E-state index >= 15 is 0 Å². The number of imidazole rings is 2. The van der Waals surface area contributed by atoms with Crippen LogP contribution in [0.4, 0.5) is 4.79 Å². The lowest BCUT2D eigenvalue weighted by Gasteiger charge is -2.36. The van der Waals surface area contributed by atoms with Crippen LogP contribution in [0.15, 0.2) is 126 Å². The van der Waals surface area contributed by atoms with Crippen molar-refractivity contribution in [3.05, 3.63) is 144 Å². The predicted molar refractivity (Wildman–Crippen MR) is 267 cm³/mol. The monoisotopic (exact) mass is 938 g/mol. The second-order valence-corrected chi connectivity index (χ2v) is 19.3. The average molecular weight is 939 g/mol. The van der Waals surface area contributed by atoms with Gasteiger partial charge in [-0.05, 0) is 108 Å². The third-order valence-corrected chi connectivity index (χ3v) is 15.4. The molecule has 2 aromatic heterocycles. The van der Waals surface area contributed by atoms with E-state index in [-0.39, 0.29) is 36.0 Å². The maximum absolute atomic E-state index is 14.7. The molecule has 8 atom stereocenters. The molecule has 358 valence electrons. The molecule has 3 amide bonds. The Morgan fingerprint density at radius 3 is 1.63 bits per heavy atom. The van der Waals surface area contributed by atoms with Crippen LogP contribution in [-0.2, 0) is 24.1 Å². The number of nitrogens with zero attached hydrogens (tertiary/aromatic N) is 5. The average Bonchev–Trinajstić information content (AvgIpc) is 4.22. The highest BCUT2D eigenvalue weighted by atomic mass is 17.2. The Morgan fingerprint density at radius 1 is 0.629 bits per heavy atom. The highest BCUT2D eigenvalue weighted by Gasteiger charge is 2.49. The molecule has 11 rings (SSSR count). The number of rotatable bonds is 12. The highest BCUT2D eigenvalue weighted by molar-refractivity contribution is 5.89. The molecular formula is C56H58N8O6. The van der Waals surface area contributed by atoms with Gasteiger partial charge in [0.2, 0.25) is 6.40 Å². The summed E-state index contributed by atoms with van der Waals surface area (Å²) in [7, 11) is 2.72. The third-order valence-electron chi connectivity index (χ3n) is 15.4. The van der Waals surface area contributed by atoms with Gasteiger partial charge in [-0.15, -0.1) is 0 Å². The van der Waals surface area contributed by atoms with E-state index in [2.05, 4.69) is 85.8 Å². The van der Waals surface area contributed by atoms with E-state index in [0.717, 1.165) is 126 Å². The second kappa shape index (κ2) is 19.6. The van der Waals surface area contributed by atoms with Crippen LogP contribution >= 0.6 is 0 Å². The molecule has 5 aromatic carbocycles. The lowest BCUT2D eigenvalue weighted by Crippen LogP contribution is -2.47. The number of H-pyrrole nitrogens is 2. The largest absolute Gasteiger partial charge is 0.453 e. The number of alkyl carbamates (subject to hydrolysis) is 1. The van der Waals surface area contributed by atoms with Gasteiger partial charge >= 0.3 is 6.09 Å². The fraction of sp³-hybridized carbons (Fsp3) is 0.357. The molecular weight excluding hydrogens is 881 g/mol. The topological polar surface area (TPSA) is 167 Å². The lowest BCUT2D eigenvalue weighted by molar-refractivity contribution is -0.188. The number of likely N-dealkylation sites (tertiary alicyclic amines) is 2. The summed E-state index contributed by atoms with van der Waals surface area (Å²) in [6, 6.07) is 38.2. The molecule has 0 bridgehead atoms. The minimum Gasteiger partial charge on any atom is -0.453 e. The number of aromatic nitrogens is 4. The molecule has 14 nitrogen and oxygen atoms in total. The first-order valence-electron chi connectivity index (χ1n) is 24.7. The van der Waals surface area contributed by atoms with Crippen molar-refractivity contribution in [2.24, 2.45) is 16.8 Å². The fourth-order valence-corrected chi connectivity index (χ4v) is 12.1. The maximum Gasteiger partial charge on any atom is 0.407 e. The number of amides is 3. The van der Waals surface area contributed by atoms with Gasteiger partial charge < -0.3 is 34.7 Å². The standard InChI is InChI=1S/C56H58N8O6/c1-68-56(67)62-51(37-15-7-4-8-16-37)55(66)64-47-20-12-10-18-41(47)32-49(64)53-59-43-28-26-39(30-45(43)61-53)35-23-21-34(22-24-35)38-25-27-42-44(29-38)60-52(58-42)48-31-40-17-9-11-19-46(40)63(48)54(65)50(57-33-70-69-2)36-13-5-3-6-14-36/h3-8,13-16,21-30,33,40-41,46-51H,9-12,17-20,31-32H2,1-2H3,(H,58,60)(H,59,61)(H,62,67)/b57-33-/t40-,41-,46-,47-,48-,49-,50+,51+/m0/s1. The first-order valence-corrected chi connectivity index (χ1v) is 24.7. The minimum atomic E-state index is -0.887. The number of carbonyl (C=O) groups excluding carboxylic acids is 3. The molecule has 3 N–H and O–H groups in total. The molecule has 0 radical (unpaired) electrons. The van der Waals surface area contributed by atoms with Gasteiger partial charge in [-0.25, -0.2) is 19.8 Å². The summed E-state index contributed by atoms with van der Waals surface area (Å²) in [6.07, 6.45) is 10.7. The van der Waals surface area contributed by atoms with E-state index in [1.54, 1.807) is 0 Å². The van der Waals surface area contributed by atoms with Crippen LogP contribution in [0.2, 0.25) is 0 Å². The number of hydrogen-bond acceptors (Lipinski definition) is 9. The quantitative estimate of drug-likeness (QED) is 0.0471. The Balaban J connectivity index is 0.839. The molecule has 4 heterocycles. The summed E-state index contributed by atoms with van der Waals surface area (Å²) >= 11 is 0. The Bertz CT molecular complexity index is 3030. The maximum atomic E-state index is 14.7. The molecule has 70 heavy (non-hydrogen) atoms. The van der Waals surface area contributed by atoms with Gasteiger partial charge in [0.1, 0.15) is 17.7 Å². The Kier molecular flexibility index (Phi) is 12.6. The summed E-state index contributed by atoms with van der Waals surface area (Å²) in [6.45, 7) is 0. The number of carbonyl (C=O) groups is 3. The first-order chi connectivity index (χ1) is 34.3. The number of benzene rings is 5. The molecule has 2 saturated carbocycles. The third kappa shape index (κ3) is 8.69. The van der Waals surface area contributed by atoms with E-state index in [0.29, 0.717) is 17.4 Å². The molecule has 14 heteroatoms. The smallest absolute Gasteiger partial charge is 0.407 e. The summed E-state index contributed by atoms with van der Waals surface area (Å²) in [4.78, 5) is 78.0. The van der Waals surface area contributed by atoms with Crippen molar-refractivity contribution in [1.29, 1.82) is 0 Å². The van der Waals surface area contributed by atoms with E-state index in [1.807, 2.05) is 65.6 Å². The van der Waals surface area contributed by atoms with Crippen molar-refractivity contribution in [2.45, 2.75) is 100 Å². The molecule has 4 aliphatic rings. The Hall–Kier alpha value is -7.32. The van der Waals surface area contributed by atoms with Gasteiger partial charge in [-0.3, -0.25) is 9.59 Å². The summed E-state index contributed by atoms with van der Waals surface area (Å²) < 4.78 is 4.97. The van der Waals surface area contributed by atoms with Crippen molar-refractivity contribution in [1.82, 2.24) is 35.1 Å². The molecule has 2 saturated heterocycles. The van der Waals surface area contributed by atoms with Crippen molar-refractivity contribution in [2.75, 3.05) is 14.2 Å². The molecule has 0 spiro atoms. The molecule has 4 fully saturated rings. The van der Waals surface area contributed by atoms with Crippen LogP contribution in [-0.4, -0.2) is 80.3 Å². The van der Waals surface area contributed by atoms with E-state index in [9.17, 15) is 14.4 Å². The zero-order valence-corrected chi connectivity index (χ0v) is 39.5. The molecule has 2 aliphatic heterocycles. The van der Waals surface area contributed by atoms with Crippen molar-refractivity contribution in [3.8, 4) is 22.3 Å². The summed E-state index contributed by atoms with van der Waals surface area (Å²) in [5.41, 5.74) is 9.20.